The number of H-pyrrole nitrogens is 1. The van der Waals surface area contributed by atoms with Gasteiger partial charge in [0.25, 0.3) is 0 Å². The second kappa shape index (κ2) is 3.71. The summed E-state index contributed by atoms with van der Waals surface area (Å²) in [5.74, 6) is -0.168. The molecule has 2 rings (SSSR count). The highest BCUT2D eigenvalue weighted by Crippen LogP contribution is 2.27. The van der Waals surface area contributed by atoms with Crippen molar-refractivity contribution in [1.29, 1.82) is 0 Å². The molecule has 0 bridgehead atoms. The van der Waals surface area contributed by atoms with Crippen molar-refractivity contribution in [2.75, 3.05) is 0 Å². The zero-order chi connectivity index (χ0) is 11.9. The van der Waals surface area contributed by atoms with Gasteiger partial charge in [-0.3, -0.25) is 14.6 Å². The maximum Gasteiger partial charge on any atom is 0.309 e. The average Bonchev–Trinajstić information content (AvgIpc) is 2.54. The van der Waals surface area contributed by atoms with Gasteiger partial charge in [-0.1, -0.05) is 11.3 Å². The van der Waals surface area contributed by atoms with Crippen molar-refractivity contribution >= 4 is 27.7 Å². The highest BCUT2D eigenvalue weighted by molar-refractivity contribution is 7.16. The SMILES string of the molecule is CC(=O)Oc1nc2[nH]c(=O)sc2c(C)c1C. The molecule has 6 heteroatoms. The topological polar surface area (TPSA) is 72.0 Å². The number of aromatic nitrogens is 2. The van der Waals surface area contributed by atoms with E-state index in [4.69, 9.17) is 4.74 Å². The van der Waals surface area contributed by atoms with Crippen LogP contribution in [-0.4, -0.2) is 15.9 Å². The molecule has 0 unspecified atom stereocenters. The van der Waals surface area contributed by atoms with E-state index in [-0.39, 0.29) is 10.8 Å². The van der Waals surface area contributed by atoms with Crippen LogP contribution >= 0.6 is 11.3 Å². The molecule has 2 aromatic rings. The molecule has 0 aliphatic heterocycles. The fourth-order valence-electron chi connectivity index (χ4n) is 1.40. The number of esters is 1. The number of carbonyl (C=O) groups excluding carboxylic acids is 1. The monoisotopic (exact) mass is 238 g/mol. The van der Waals surface area contributed by atoms with E-state index in [1.807, 2.05) is 13.8 Å². The summed E-state index contributed by atoms with van der Waals surface area (Å²) in [6.45, 7) is 5.00. The number of fused-ring (bicyclic) bond motifs is 1. The van der Waals surface area contributed by atoms with Crippen LogP contribution in [0.5, 0.6) is 5.88 Å². The third-order valence-corrected chi connectivity index (χ3v) is 3.30. The minimum atomic E-state index is -0.424. The van der Waals surface area contributed by atoms with E-state index in [9.17, 15) is 9.59 Å². The highest BCUT2D eigenvalue weighted by atomic mass is 32.1. The molecule has 16 heavy (non-hydrogen) atoms. The molecule has 0 aromatic carbocycles. The number of thiazole rings is 1. The number of rotatable bonds is 1. The van der Waals surface area contributed by atoms with Crippen LogP contribution in [0.4, 0.5) is 0 Å². The van der Waals surface area contributed by atoms with Gasteiger partial charge in [0.1, 0.15) is 0 Å². The van der Waals surface area contributed by atoms with E-state index in [1.165, 1.54) is 6.92 Å². The average molecular weight is 238 g/mol. The van der Waals surface area contributed by atoms with Gasteiger partial charge in [-0.25, -0.2) is 0 Å². The first-order chi connectivity index (χ1) is 7.49. The van der Waals surface area contributed by atoms with Crippen molar-refractivity contribution in [2.24, 2.45) is 0 Å². The molecule has 0 saturated heterocycles. The van der Waals surface area contributed by atoms with E-state index in [0.29, 0.717) is 5.65 Å². The summed E-state index contributed by atoms with van der Waals surface area (Å²) in [4.78, 5) is 28.6. The summed E-state index contributed by atoms with van der Waals surface area (Å²) >= 11 is 1.11. The minimum Gasteiger partial charge on any atom is -0.407 e. The fraction of sp³-hybridized carbons (Fsp3) is 0.300. The molecular formula is C10H10N2O3S. The molecule has 2 heterocycles. The van der Waals surface area contributed by atoms with E-state index >= 15 is 0 Å². The molecule has 0 atom stereocenters. The lowest BCUT2D eigenvalue weighted by Gasteiger charge is -2.06. The number of ether oxygens (including phenoxy) is 1. The summed E-state index contributed by atoms with van der Waals surface area (Å²) in [5, 5.41) is 0. The number of nitrogens with one attached hydrogen (secondary N) is 1. The van der Waals surface area contributed by atoms with Gasteiger partial charge in [0, 0.05) is 12.5 Å². The first-order valence-electron chi connectivity index (χ1n) is 4.67. The van der Waals surface area contributed by atoms with Crippen molar-refractivity contribution in [3.05, 3.63) is 20.8 Å². The Bertz CT molecular complexity index is 627. The van der Waals surface area contributed by atoms with E-state index in [1.54, 1.807) is 0 Å². The summed E-state index contributed by atoms with van der Waals surface area (Å²) in [6.07, 6.45) is 0. The second-order valence-electron chi connectivity index (χ2n) is 3.45. The number of aryl methyl sites for hydroxylation is 1. The van der Waals surface area contributed by atoms with Crippen molar-refractivity contribution in [2.45, 2.75) is 20.8 Å². The molecule has 0 aliphatic carbocycles. The van der Waals surface area contributed by atoms with Gasteiger partial charge in [0.2, 0.25) is 5.88 Å². The number of aromatic amines is 1. The predicted octanol–water partition coefficient (Wildman–Crippen LogP) is 1.53. The Morgan fingerprint density at radius 3 is 2.69 bits per heavy atom. The molecule has 0 saturated carbocycles. The molecule has 1 N–H and O–H groups in total. The van der Waals surface area contributed by atoms with Gasteiger partial charge in [0.15, 0.2) is 5.65 Å². The maximum absolute atomic E-state index is 11.2. The van der Waals surface area contributed by atoms with Gasteiger partial charge in [-0.05, 0) is 19.4 Å². The number of hydrogen-bond donors (Lipinski definition) is 1. The molecule has 0 radical (unpaired) electrons. The van der Waals surface area contributed by atoms with Gasteiger partial charge in [-0.15, -0.1) is 0 Å². The predicted molar refractivity (Wildman–Crippen MR) is 61.0 cm³/mol. The van der Waals surface area contributed by atoms with E-state index in [0.717, 1.165) is 27.2 Å². The molecule has 0 aliphatic rings. The van der Waals surface area contributed by atoms with Crippen molar-refractivity contribution in [3.63, 3.8) is 0 Å². The third kappa shape index (κ3) is 1.71. The van der Waals surface area contributed by atoms with Crippen molar-refractivity contribution < 1.29 is 9.53 Å². The highest BCUT2D eigenvalue weighted by Gasteiger charge is 2.13. The quantitative estimate of drug-likeness (QED) is 0.765. The maximum atomic E-state index is 11.2. The third-order valence-electron chi connectivity index (χ3n) is 2.31. The standard InChI is InChI=1S/C10H10N2O3S/c1-4-5(2)9(15-6(3)13)11-8-7(4)16-10(14)12-8/h1-3H3,(H,11,12,14). The van der Waals surface area contributed by atoms with Crippen LogP contribution in [-0.2, 0) is 4.79 Å². The largest absolute Gasteiger partial charge is 0.407 e. The normalized spacial score (nSPS) is 10.7. The summed E-state index contributed by atoms with van der Waals surface area (Å²) < 4.78 is 5.78. The first-order valence-corrected chi connectivity index (χ1v) is 5.49. The molecule has 84 valence electrons. The van der Waals surface area contributed by atoms with Crippen LogP contribution in [0, 0.1) is 13.8 Å². The van der Waals surface area contributed by atoms with E-state index in [2.05, 4.69) is 9.97 Å². The second-order valence-corrected chi connectivity index (χ2v) is 4.44. The number of carbonyl (C=O) groups is 1. The van der Waals surface area contributed by atoms with Gasteiger partial charge >= 0.3 is 10.8 Å². The van der Waals surface area contributed by atoms with Crippen molar-refractivity contribution in [1.82, 2.24) is 9.97 Å². The van der Waals surface area contributed by atoms with Crippen LogP contribution in [0.25, 0.3) is 10.3 Å². The first kappa shape index (κ1) is 10.8. The number of nitrogens with zero attached hydrogens (tertiary/aromatic N) is 1. The van der Waals surface area contributed by atoms with Gasteiger partial charge in [0.05, 0.1) is 4.70 Å². The molecule has 0 spiro atoms. The van der Waals surface area contributed by atoms with Crippen LogP contribution < -0.4 is 9.61 Å². The van der Waals surface area contributed by atoms with Crippen LogP contribution in [0.15, 0.2) is 4.79 Å². The van der Waals surface area contributed by atoms with Crippen LogP contribution in [0.3, 0.4) is 0 Å². The Labute approximate surface area is 95.1 Å². The molecule has 0 fully saturated rings. The lowest BCUT2D eigenvalue weighted by molar-refractivity contribution is -0.132. The Kier molecular flexibility index (Phi) is 2.51. The number of hydrogen-bond acceptors (Lipinski definition) is 5. The molecular weight excluding hydrogens is 228 g/mol. The number of pyridine rings is 1. The Balaban J connectivity index is 2.72. The molecule has 2 aromatic heterocycles. The Hall–Kier alpha value is -1.69. The summed E-state index contributed by atoms with van der Waals surface area (Å²) in [5.41, 5.74) is 2.15. The molecule has 5 nitrogen and oxygen atoms in total. The Morgan fingerprint density at radius 1 is 1.38 bits per heavy atom. The zero-order valence-electron chi connectivity index (χ0n) is 9.08. The van der Waals surface area contributed by atoms with E-state index < -0.39 is 5.97 Å². The minimum absolute atomic E-state index is 0.162. The molecule has 0 amide bonds. The smallest absolute Gasteiger partial charge is 0.309 e. The summed E-state index contributed by atoms with van der Waals surface area (Å²) in [7, 11) is 0. The zero-order valence-corrected chi connectivity index (χ0v) is 9.90. The Morgan fingerprint density at radius 2 is 2.06 bits per heavy atom. The van der Waals surface area contributed by atoms with Gasteiger partial charge < -0.3 is 4.74 Å². The lowest BCUT2D eigenvalue weighted by atomic mass is 10.2. The van der Waals surface area contributed by atoms with Crippen molar-refractivity contribution in [3.8, 4) is 5.88 Å². The lowest BCUT2D eigenvalue weighted by Crippen LogP contribution is -2.05. The van der Waals surface area contributed by atoms with Crippen LogP contribution in [0.1, 0.15) is 18.1 Å². The van der Waals surface area contributed by atoms with Crippen LogP contribution in [0.2, 0.25) is 0 Å². The van der Waals surface area contributed by atoms with Gasteiger partial charge in [-0.2, -0.15) is 4.98 Å². The summed E-state index contributed by atoms with van der Waals surface area (Å²) in [6, 6.07) is 0. The fourth-order valence-corrected chi connectivity index (χ4v) is 2.24.